The van der Waals surface area contributed by atoms with Gasteiger partial charge in [0.15, 0.2) is 0 Å². The number of aromatic nitrogens is 4. The summed E-state index contributed by atoms with van der Waals surface area (Å²) in [5, 5.41) is 2.95. The summed E-state index contributed by atoms with van der Waals surface area (Å²) in [6.07, 6.45) is 4.63. The zero-order valence-corrected chi connectivity index (χ0v) is 14.7. The first kappa shape index (κ1) is 16.2. The number of amides is 1. The molecule has 3 heterocycles. The second kappa shape index (κ2) is 6.55. The lowest BCUT2D eigenvalue weighted by Gasteiger charge is -2.06. The fourth-order valence-electron chi connectivity index (χ4n) is 2.89. The highest BCUT2D eigenvalue weighted by Crippen LogP contribution is 2.14. The summed E-state index contributed by atoms with van der Waals surface area (Å²) in [5.74, 6) is -0.115. The van der Waals surface area contributed by atoms with Gasteiger partial charge in [-0.15, -0.1) is 0 Å². The highest BCUT2D eigenvalue weighted by molar-refractivity contribution is 5.97. The molecule has 0 fully saturated rings. The molecule has 0 bridgehead atoms. The maximum absolute atomic E-state index is 12.4. The fraction of sp³-hybridized carbons (Fsp3) is 0.200. The molecule has 0 aliphatic heterocycles. The SMILES string of the molecule is Cc1nc2ccc(C(=O)NCCc3cn4ccccc4n3)cc2nc1C. The van der Waals surface area contributed by atoms with Crippen LogP contribution in [-0.2, 0) is 6.42 Å². The van der Waals surface area contributed by atoms with E-state index in [0.29, 0.717) is 18.5 Å². The number of rotatable bonds is 4. The molecule has 3 aromatic heterocycles. The normalized spacial score (nSPS) is 11.2. The first-order valence-electron chi connectivity index (χ1n) is 8.56. The van der Waals surface area contributed by atoms with Crippen molar-refractivity contribution in [3.8, 4) is 0 Å². The molecule has 0 saturated carbocycles. The molecule has 0 atom stereocenters. The van der Waals surface area contributed by atoms with E-state index in [1.165, 1.54) is 0 Å². The Balaban J connectivity index is 1.44. The highest BCUT2D eigenvalue weighted by atomic mass is 16.1. The number of benzene rings is 1. The molecule has 6 nitrogen and oxygen atoms in total. The standard InChI is InChI=1S/C20H19N5O/c1-13-14(2)23-18-11-15(6-7-17(18)22-13)20(26)21-9-8-16-12-25-10-4-3-5-19(25)24-16/h3-7,10-12H,8-9H2,1-2H3,(H,21,26). The molecular formula is C20H19N5O. The number of imidazole rings is 1. The van der Waals surface area contributed by atoms with Crippen LogP contribution >= 0.6 is 0 Å². The molecule has 6 heteroatoms. The summed E-state index contributed by atoms with van der Waals surface area (Å²) in [7, 11) is 0. The second-order valence-corrected chi connectivity index (χ2v) is 6.30. The monoisotopic (exact) mass is 345 g/mol. The van der Waals surface area contributed by atoms with Crippen LogP contribution in [0.3, 0.4) is 0 Å². The van der Waals surface area contributed by atoms with Crippen molar-refractivity contribution in [2.75, 3.05) is 6.54 Å². The summed E-state index contributed by atoms with van der Waals surface area (Å²) in [6, 6.07) is 11.3. The van der Waals surface area contributed by atoms with Crippen LogP contribution in [0.4, 0.5) is 0 Å². The van der Waals surface area contributed by atoms with E-state index in [1.807, 2.05) is 54.9 Å². The molecule has 0 aliphatic rings. The number of aryl methyl sites for hydroxylation is 2. The number of nitrogens with zero attached hydrogens (tertiary/aromatic N) is 4. The molecule has 0 aliphatic carbocycles. The summed E-state index contributed by atoms with van der Waals surface area (Å²) in [6.45, 7) is 4.38. The van der Waals surface area contributed by atoms with Crippen LogP contribution in [0.5, 0.6) is 0 Å². The molecule has 0 radical (unpaired) electrons. The first-order valence-corrected chi connectivity index (χ1v) is 8.56. The maximum atomic E-state index is 12.4. The second-order valence-electron chi connectivity index (χ2n) is 6.30. The lowest BCUT2D eigenvalue weighted by atomic mass is 10.1. The number of pyridine rings is 1. The predicted molar refractivity (Wildman–Crippen MR) is 100 cm³/mol. The van der Waals surface area contributed by atoms with Gasteiger partial charge in [-0.25, -0.2) is 15.0 Å². The van der Waals surface area contributed by atoms with Gasteiger partial charge in [0.05, 0.1) is 28.1 Å². The Kier molecular flexibility index (Phi) is 4.08. The van der Waals surface area contributed by atoms with Crippen molar-refractivity contribution >= 4 is 22.6 Å². The van der Waals surface area contributed by atoms with Crippen LogP contribution in [-0.4, -0.2) is 31.8 Å². The number of hydrogen-bond acceptors (Lipinski definition) is 4. The number of fused-ring (bicyclic) bond motifs is 2. The molecule has 1 N–H and O–H groups in total. The van der Waals surface area contributed by atoms with Gasteiger partial charge in [0, 0.05) is 30.9 Å². The Bertz CT molecular complexity index is 1080. The van der Waals surface area contributed by atoms with Crippen molar-refractivity contribution in [2.45, 2.75) is 20.3 Å². The van der Waals surface area contributed by atoms with Crippen LogP contribution < -0.4 is 5.32 Å². The smallest absolute Gasteiger partial charge is 0.251 e. The zero-order valence-electron chi connectivity index (χ0n) is 14.7. The molecule has 0 saturated heterocycles. The van der Waals surface area contributed by atoms with Crippen LogP contribution in [0, 0.1) is 13.8 Å². The Morgan fingerprint density at radius 3 is 2.65 bits per heavy atom. The Morgan fingerprint density at radius 2 is 1.85 bits per heavy atom. The molecule has 4 aromatic rings. The van der Waals surface area contributed by atoms with Crippen molar-refractivity contribution in [3.05, 3.63) is 71.4 Å². The highest BCUT2D eigenvalue weighted by Gasteiger charge is 2.09. The largest absolute Gasteiger partial charge is 0.352 e. The van der Waals surface area contributed by atoms with Crippen molar-refractivity contribution in [1.82, 2.24) is 24.7 Å². The van der Waals surface area contributed by atoms with Crippen molar-refractivity contribution in [2.24, 2.45) is 0 Å². The summed E-state index contributed by atoms with van der Waals surface area (Å²) in [4.78, 5) is 26.0. The third-order valence-electron chi connectivity index (χ3n) is 4.42. The van der Waals surface area contributed by atoms with Crippen molar-refractivity contribution < 1.29 is 4.79 Å². The van der Waals surface area contributed by atoms with Crippen molar-refractivity contribution in [1.29, 1.82) is 0 Å². The Labute approximate surface area is 150 Å². The molecule has 0 unspecified atom stereocenters. The van der Waals surface area contributed by atoms with Gasteiger partial charge >= 0.3 is 0 Å². The molecule has 4 rings (SSSR count). The lowest BCUT2D eigenvalue weighted by molar-refractivity contribution is 0.0954. The van der Waals surface area contributed by atoms with E-state index in [4.69, 9.17) is 0 Å². The van der Waals surface area contributed by atoms with E-state index >= 15 is 0 Å². The molecule has 26 heavy (non-hydrogen) atoms. The third-order valence-corrected chi connectivity index (χ3v) is 4.42. The molecule has 1 amide bonds. The number of nitrogens with one attached hydrogen (secondary N) is 1. The lowest BCUT2D eigenvalue weighted by Crippen LogP contribution is -2.25. The topological polar surface area (TPSA) is 72.2 Å². The molecule has 0 spiro atoms. The van der Waals surface area contributed by atoms with E-state index in [-0.39, 0.29) is 5.91 Å². The van der Waals surface area contributed by atoms with E-state index in [0.717, 1.165) is 33.8 Å². The fourth-order valence-corrected chi connectivity index (χ4v) is 2.89. The van der Waals surface area contributed by atoms with Crippen LogP contribution in [0.1, 0.15) is 27.4 Å². The average Bonchev–Trinajstić information content (AvgIpc) is 3.05. The number of hydrogen-bond donors (Lipinski definition) is 1. The van der Waals surface area contributed by atoms with Crippen molar-refractivity contribution in [3.63, 3.8) is 0 Å². The van der Waals surface area contributed by atoms with Crippen LogP contribution in [0.15, 0.2) is 48.8 Å². The predicted octanol–water partition coefficient (Wildman–Crippen LogP) is 2.87. The quantitative estimate of drug-likeness (QED) is 0.617. The molecular weight excluding hydrogens is 326 g/mol. The zero-order chi connectivity index (χ0) is 18.1. The van der Waals surface area contributed by atoms with Gasteiger partial charge < -0.3 is 9.72 Å². The molecule has 1 aromatic carbocycles. The molecule has 130 valence electrons. The van der Waals surface area contributed by atoms with Gasteiger partial charge in [0.2, 0.25) is 0 Å². The number of carbonyl (C=O) groups is 1. The minimum Gasteiger partial charge on any atom is -0.352 e. The van der Waals surface area contributed by atoms with Gasteiger partial charge in [-0.3, -0.25) is 4.79 Å². The van der Waals surface area contributed by atoms with Gasteiger partial charge in [-0.1, -0.05) is 6.07 Å². The summed E-state index contributed by atoms with van der Waals surface area (Å²) >= 11 is 0. The van der Waals surface area contributed by atoms with Gasteiger partial charge in [-0.2, -0.15) is 0 Å². The minimum atomic E-state index is -0.115. The summed E-state index contributed by atoms with van der Waals surface area (Å²) < 4.78 is 1.98. The first-order chi connectivity index (χ1) is 12.6. The van der Waals surface area contributed by atoms with E-state index in [9.17, 15) is 4.79 Å². The Morgan fingerprint density at radius 1 is 1.04 bits per heavy atom. The minimum absolute atomic E-state index is 0.115. The van der Waals surface area contributed by atoms with Gasteiger partial charge in [0.25, 0.3) is 5.91 Å². The Hall–Kier alpha value is -3.28. The third kappa shape index (κ3) is 3.13. The van der Waals surface area contributed by atoms with Crippen LogP contribution in [0.25, 0.3) is 16.7 Å². The maximum Gasteiger partial charge on any atom is 0.251 e. The summed E-state index contributed by atoms with van der Waals surface area (Å²) in [5.41, 5.74) is 5.77. The van der Waals surface area contributed by atoms with E-state index in [1.54, 1.807) is 12.1 Å². The van der Waals surface area contributed by atoms with E-state index < -0.39 is 0 Å². The van der Waals surface area contributed by atoms with Gasteiger partial charge in [-0.05, 0) is 44.2 Å². The van der Waals surface area contributed by atoms with Gasteiger partial charge in [0.1, 0.15) is 5.65 Å². The average molecular weight is 345 g/mol. The van der Waals surface area contributed by atoms with E-state index in [2.05, 4.69) is 20.3 Å². The van der Waals surface area contributed by atoms with Crippen LogP contribution in [0.2, 0.25) is 0 Å². The number of carbonyl (C=O) groups excluding carboxylic acids is 1.